The second-order valence-electron chi connectivity index (χ2n) is 4.14. The van der Waals surface area contributed by atoms with Gasteiger partial charge in [0.25, 0.3) is 0 Å². The summed E-state index contributed by atoms with van der Waals surface area (Å²) >= 11 is 1.52. The van der Waals surface area contributed by atoms with Crippen molar-refractivity contribution in [2.45, 2.75) is 26.3 Å². The summed E-state index contributed by atoms with van der Waals surface area (Å²) in [4.78, 5) is 29.1. The molecule has 1 atom stereocenters. The van der Waals surface area contributed by atoms with Crippen molar-refractivity contribution in [2.75, 3.05) is 13.1 Å². The number of aliphatic carboxylic acids is 1. The monoisotopic (exact) mass is 295 g/mol. The van der Waals surface area contributed by atoms with E-state index in [1.54, 1.807) is 13.1 Å². The van der Waals surface area contributed by atoms with E-state index in [2.05, 4.69) is 16.2 Å². The number of amides is 2. The summed E-state index contributed by atoms with van der Waals surface area (Å²) in [6, 6.07) is -0.798. The number of carboxylic acids is 1. The molecule has 0 spiro atoms. The first-order valence-corrected chi connectivity index (χ1v) is 6.94. The van der Waals surface area contributed by atoms with Gasteiger partial charge in [-0.2, -0.15) is 0 Å². The number of aromatic nitrogens is 1. The SMILES string of the molecule is C#CCN(CC(=O)O)C(=O)NC(C)c1ncc(CC)s1. The zero-order valence-corrected chi connectivity index (χ0v) is 12.2. The number of hydrogen-bond acceptors (Lipinski definition) is 4. The zero-order chi connectivity index (χ0) is 15.1. The van der Waals surface area contributed by atoms with Crippen LogP contribution < -0.4 is 5.32 Å². The van der Waals surface area contributed by atoms with Crippen molar-refractivity contribution >= 4 is 23.3 Å². The first-order valence-electron chi connectivity index (χ1n) is 6.13. The molecule has 20 heavy (non-hydrogen) atoms. The van der Waals surface area contributed by atoms with Gasteiger partial charge in [0, 0.05) is 11.1 Å². The highest BCUT2D eigenvalue weighted by atomic mass is 32.1. The highest BCUT2D eigenvalue weighted by Gasteiger charge is 2.19. The van der Waals surface area contributed by atoms with Crippen molar-refractivity contribution in [1.29, 1.82) is 0 Å². The van der Waals surface area contributed by atoms with Gasteiger partial charge in [-0.25, -0.2) is 9.78 Å². The van der Waals surface area contributed by atoms with Crippen molar-refractivity contribution in [2.24, 2.45) is 0 Å². The highest BCUT2D eigenvalue weighted by molar-refractivity contribution is 7.11. The minimum absolute atomic E-state index is 0.0526. The van der Waals surface area contributed by atoms with Gasteiger partial charge in [0.05, 0.1) is 12.6 Å². The number of terminal acetylenes is 1. The lowest BCUT2D eigenvalue weighted by atomic mass is 10.3. The van der Waals surface area contributed by atoms with Gasteiger partial charge in [0.15, 0.2) is 0 Å². The predicted molar refractivity (Wildman–Crippen MR) is 76.5 cm³/mol. The number of nitrogens with one attached hydrogen (secondary N) is 1. The van der Waals surface area contributed by atoms with Gasteiger partial charge in [-0.05, 0) is 13.3 Å². The Kier molecular flexibility index (Phi) is 6.00. The largest absolute Gasteiger partial charge is 0.480 e. The smallest absolute Gasteiger partial charge is 0.323 e. The van der Waals surface area contributed by atoms with Crippen molar-refractivity contribution in [3.63, 3.8) is 0 Å². The lowest BCUT2D eigenvalue weighted by Gasteiger charge is -2.21. The molecule has 0 aliphatic rings. The van der Waals surface area contributed by atoms with Gasteiger partial charge >= 0.3 is 12.0 Å². The molecule has 0 aromatic carbocycles. The number of carbonyl (C=O) groups excluding carboxylic acids is 1. The summed E-state index contributed by atoms with van der Waals surface area (Å²) in [7, 11) is 0. The molecule has 1 rings (SSSR count). The van der Waals surface area contributed by atoms with Gasteiger partial charge in [-0.1, -0.05) is 12.8 Å². The van der Waals surface area contributed by atoms with Crippen LogP contribution in [0.25, 0.3) is 0 Å². The molecule has 0 bridgehead atoms. The molecule has 0 saturated heterocycles. The molecule has 0 saturated carbocycles. The third-order valence-electron chi connectivity index (χ3n) is 2.53. The van der Waals surface area contributed by atoms with Crippen LogP contribution in [0, 0.1) is 12.3 Å². The summed E-state index contributed by atoms with van der Waals surface area (Å²) in [5.41, 5.74) is 0. The van der Waals surface area contributed by atoms with Crippen molar-refractivity contribution in [3.8, 4) is 12.3 Å². The van der Waals surface area contributed by atoms with Crippen LogP contribution in [-0.2, 0) is 11.2 Å². The Labute approximate surface area is 121 Å². The van der Waals surface area contributed by atoms with Crippen LogP contribution in [0.2, 0.25) is 0 Å². The van der Waals surface area contributed by atoms with Crippen molar-refractivity contribution in [1.82, 2.24) is 15.2 Å². The van der Waals surface area contributed by atoms with Gasteiger partial charge in [-0.3, -0.25) is 4.79 Å². The molecule has 0 fully saturated rings. The highest BCUT2D eigenvalue weighted by Crippen LogP contribution is 2.20. The third-order valence-corrected chi connectivity index (χ3v) is 3.85. The van der Waals surface area contributed by atoms with Crippen molar-refractivity contribution < 1.29 is 14.7 Å². The van der Waals surface area contributed by atoms with Gasteiger partial charge in [0.1, 0.15) is 11.6 Å². The van der Waals surface area contributed by atoms with E-state index in [1.165, 1.54) is 11.3 Å². The number of carboxylic acid groups (broad SMARTS) is 1. The van der Waals surface area contributed by atoms with Crippen LogP contribution in [0.4, 0.5) is 4.79 Å². The fraction of sp³-hybridized carbons (Fsp3) is 0.462. The zero-order valence-electron chi connectivity index (χ0n) is 11.4. The fourth-order valence-corrected chi connectivity index (χ4v) is 2.36. The fourth-order valence-electron chi connectivity index (χ4n) is 1.50. The normalized spacial score (nSPS) is 11.4. The second-order valence-corrected chi connectivity index (χ2v) is 5.29. The molecule has 0 radical (unpaired) electrons. The van der Waals surface area contributed by atoms with Gasteiger partial charge in [-0.15, -0.1) is 17.8 Å². The van der Waals surface area contributed by atoms with Crippen LogP contribution >= 0.6 is 11.3 Å². The Morgan fingerprint density at radius 3 is 2.85 bits per heavy atom. The number of urea groups is 1. The average Bonchev–Trinajstić information content (AvgIpc) is 2.86. The van der Waals surface area contributed by atoms with Gasteiger partial charge in [0.2, 0.25) is 0 Å². The standard InChI is InChI=1S/C13H17N3O3S/c1-4-6-16(8-11(17)18)13(19)15-9(3)12-14-7-10(5-2)20-12/h1,7,9H,5-6,8H2,2-3H3,(H,15,19)(H,17,18). The van der Waals surface area contributed by atoms with Crippen LogP contribution in [0.1, 0.15) is 29.8 Å². The molecule has 2 amide bonds. The molecule has 1 aromatic rings. The lowest BCUT2D eigenvalue weighted by Crippen LogP contribution is -2.43. The van der Waals surface area contributed by atoms with Crippen LogP contribution in [-0.4, -0.2) is 40.1 Å². The molecule has 1 unspecified atom stereocenters. The van der Waals surface area contributed by atoms with Gasteiger partial charge < -0.3 is 15.3 Å². The number of carbonyl (C=O) groups is 2. The first kappa shape index (κ1) is 16.0. The van der Waals surface area contributed by atoms with E-state index < -0.39 is 18.5 Å². The minimum atomic E-state index is -1.11. The topological polar surface area (TPSA) is 82.5 Å². The summed E-state index contributed by atoms with van der Waals surface area (Å²) in [6.45, 7) is 3.34. The second kappa shape index (κ2) is 7.50. The van der Waals surface area contributed by atoms with E-state index in [-0.39, 0.29) is 12.6 Å². The Morgan fingerprint density at radius 1 is 1.65 bits per heavy atom. The summed E-state index contributed by atoms with van der Waals surface area (Å²) in [5.74, 6) is 1.16. The van der Waals surface area contributed by atoms with Crippen LogP contribution in [0.5, 0.6) is 0 Å². The number of aryl methyl sites for hydroxylation is 1. The Hall–Kier alpha value is -2.07. The van der Waals surface area contributed by atoms with E-state index in [0.29, 0.717) is 0 Å². The predicted octanol–water partition coefficient (Wildman–Crippen LogP) is 1.50. The van der Waals surface area contributed by atoms with Crippen LogP contribution in [0.3, 0.4) is 0 Å². The minimum Gasteiger partial charge on any atom is -0.480 e. The molecule has 6 nitrogen and oxygen atoms in total. The summed E-state index contributed by atoms with van der Waals surface area (Å²) in [6.07, 6.45) is 7.80. The average molecular weight is 295 g/mol. The molecular formula is C13H17N3O3S. The molecular weight excluding hydrogens is 278 g/mol. The molecule has 2 N–H and O–H groups in total. The molecule has 7 heteroatoms. The lowest BCUT2D eigenvalue weighted by molar-refractivity contribution is -0.137. The maximum atomic E-state index is 12.0. The number of nitrogens with zero attached hydrogens (tertiary/aromatic N) is 2. The molecule has 0 aliphatic carbocycles. The quantitative estimate of drug-likeness (QED) is 0.779. The number of hydrogen-bond donors (Lipinski definition) is 2. The Balaban J connectivity index is 2.67. The van der Waals surface area contributed by atoms with E-state index in [9.17, 15) is 9.59 Å². The molecule has 1 aromatic heterocycles. The van der Waals surface area contributed by atoms with Crippen molar-refractivity contribution in [3.05, 3.63) is 16.1 Å². The van der Waals surface area contributed by atoms with E-state index in [1.807, 2.05) is 6.92 Å². The molecule has 1 heterocycles. The molecule has 0 aliphatic heterocycles. The first-order chi connectivity index (χ1) is 9.47. The molecule has 108 valence electrons. The Bertz CT molecular complexity index is 521. The maximum absolute atomic E-state index is 12.0. The van der Waals surface area contributed by atoms with Crippen LogP contribution in [0.15, 0.2) is 6.20 Å². The number of thiazole rings is 1. The maximum Gasteiger partial charge on any atom is 0.323 e. The summed E-state index contributed by atoms with van der Waals surface area (Å²) < 4.78 is 0. The van der Waals surface area contributed by atoms with E-state index >= 15 is 0 Å². The summed E-state index contributed by atoms with van der Waals surface area (Å²) in [5, 5.41) is 12.2. The Morgan fingerprint density at radius 2 is 2.35 bits per heavy atom. The number of rotatable bonds is 6. The third kappa shape index (κ3) is 4.55. The van der Waals surface area contributed by atoms with E-state index in [0.717, 1.165) is 21.2 Å². The van der Waals surface area contributed by atoms with E-state index in [4.69, 9.17) is 11.5 Å².